The molecule has 4 rings (SSSR count). The SMILES string of the molecule is Cn1cnc(C(=O)N2C[C@@H]3[C@@H](CNC(=O)c4cccnc4)CO[C@@H]3C2)c1.O=C(O)C(F)(F)F. The summed E-state index contributed by atoms with van der Waals surface area (Å²) in [5.74, 6) is -2.53. The van der Waals surface area contributed by atoms with Crippen molar-refractivity contribution >= 4 is 17.8 Å². The molecule has 178 valence electrons. The lowest BCUT2D eigenvalue weighted by Crippen LogP contribution is -2.35. The van der Waals surface area contributed by atoms with Crippen LogP contribution >= 0.6 is 0 Å². The Hall–Kier alpha value is -3.48. The van der Waals surface area contributed by atoms with Crippen LogP contribution in [0.2, 0.25) is 0 Å². The van der Waals surface area contributed by atoms with E-state index >= 15 is 0 Å². The Kier molecular flexibility index (Phi) is 7.31. The van der Waals surface area contributed by atoms with Crippen LogP contribution in [0.5, 0.6) is 0 Å². The van der Waals surface area contributed by atoms with E-state index in [1.807, 2.05) is 7.05 Å². The highest BCUT2D eigenvalue weighted by Crippen LogP contribution is 2.34. The number of aliphatic carboxylic acids is 1. The standard InChI is InChI=1S/C18H21N5O3.C2HF3O2/c1-22-8-15(21-11-22)18(25)23-7-14-13(10-26-16(14)9-23)6-20-17(24)12-3-2-4-19-5-12;3-2(4,5)1(6)7/h2-5,8,11,13-14,16H,6-7,9-10H2,1H3,(H,20,24);(H,6,7)/t13-,14+,16+;/m0./s1. The van der Waals surface area contributed by atoms with E-state index in [9.17, 15) is 22.8 Å². The highest BCUT2D eigenvalue weighted by Gasteiger charge is 2.45. The molecule has 2 amide bonds. The lowest BCUT2D eigenvalue weighted by Gasteiger charge is -2.19. The van der Waals surface area contributed by atoms with Crippen LogP contribution in [0.4, 0.5) is 13.2 Å². The molecule has 2 saturated heterocycles. The fourth-order valence-corrected chi connectivity index (χ4v) is 3.68. The molecule has 0 saturated carbocycles. The third kappa shape index (κ3) is 6.06. The molecule has 0 radical (unpaired) electrons. The molecule has 3 atom stereocenters. The first-order valence-corrected chi connectivity index (χ1v) is 9.93. The first kappa shape index (κ1) is 24.2. The third-order valence-electron chi connectivity index (χ3n) is 5.34. The summed E-state index contributed by atoms with van der Waals surface area (Å²) in [6.07, 6.45) is 1.48. The lowest BCUT2D eigenvalue weighted by molar-refractivity contribution is -0.192. The minimum atomic E-state index is -5.08. The van der Waals surface area contributed by atoms with Gasteiger partial charge in [-0.2, -0.15) is 13.2 Å². The molecule has 2 N–H and O–H groups in total. The number of carbonyl (C=O) groups is 3. The molecule has 0 aliphatic carbocycles. The number of hydrogen-bond acceptors (Lipinski definition) is 6. The molecule has 2 aliphatic rings. The second kappa shape index (κ2) is 9.98. The number of aryl methyl sites for hydroxylation is 1. The number of nitrogens with one attached hydrogen (secondary N) is 1. The highest BCUT2D eigenvalue weighted by molar-refractivity contribution is 5.94. The van der Waals surface area contributed by atoms with Crippen molar-refractivity contribution in [3.63, 3.8) is 0 Å². The normalized spacial score (nSPS) is 21.7. The number of fused-ring (bicyclic) bond motifs is 1. The van der Waals surface area contributed by atoms with E-state index in [-0.39, 0.29) is 29.8 Å². The van der Waals surface area contributed by atoms with Gasteiger partial charge >= 0.3 is 12.1 Å². The summed E-state index contributed by atoms with van der Waals surface area (Å²) in [4.78, 5) is 43.5. The van der Waals surface area contributed by atoms with Crippen molar-refractivity contribution in [2.45, 2.75) is 12.3 Å². The van der Waals surface area contributed by atoms with Crippen LogP contribution in [0.15, 0.2) is 37.1 Å². The predicted octanol–water partition coefficient (Wildman–Crippen LogP) is 0.965. The van der Waals surface area contributed by atoms with Crippen molar-refractivity contribution in [2.24, 2.45) is 18.9 Å². The van der Waals surface area contributed by atoms with Gasteiger partial charge in [-0.15, -0.1) is 0 Å². The summed E-state index contributed by atoms with van der Waals surface area (Å²) in [6.45, 7) is 2.34. The predicted molar refractivity (Wildman–Crippen MR) is 106 cm³/mol. The van der Waals surface area contributed by atoms with E-state index in [0.717, 1.165) is 0 Å². The number of ether oxygens (including phenoxy) is 1. The maximum Gasteiger partial charge on any atom is 0.490 e. The molecule has 2 aliphatic heterocycles. The summed E-state index contributed by atoms with van der Waals surface area (Å²) >= 11 is 0. The van der Waals surface area contributed by atoms with E-state index in [1.165, 1.54) is 0 Å². The molecule has 13 heteroatoms. The van der Waals surface area contributed by atoms with E-state index in [2.05, 4.69) is 15.3 Å². The lowest BCUT2D eigenvalue weighted by atomic mass is 9.93. The molecule has 2 aromatic rings. The van der Waals surface area contributed by atoms with E-state index in [1.54, 1.807) is 46.5 Å². The van der Waals surface area contributed by atoms with Crippen LogP contribution in [0.25, 0.3) is 0 Å². The fraction of sp³-hybridized carbons (Fsp3) is 0.450. The van der Waals surface area contributed by atoms with E-state index in [0.29, 0.717) is 37.5 Å². The Morgan fingerprint density at radius 1 is 1.30 bits per heavy atom. The van der Waals surface area contributed by atoms with E-state index in [4.69, 9.17) is 14.6 Å². The van der Waals surface area contributed by atoms with Gasteiger partial charge in [-0.3, -0.25) is 14.6 Å². The molecule has 33 heavy (non-hydrogen) atoms. The second-order valence-corrected chi connectivity index (χ2v) is 7.68. The number of halogens is 3. The number of carbonyl (C=O) groups excluding carboxylic acids is 2. The summed E-state index contributed by atoms with van der Waals surface area (Å²) in [5, 5.41) is 10.1. The van der Waals surface area contributed by atoms with Crippen LogP contribution in [-0.4, -0.2) is 80.8 Å². The zero-order chi connectivity index (χ0) is 24.2. The van der Waals surface area contributed by atoms with Crippen molar-refractivity contribution in [3.8, 4) is 0 Å². The molecule has 0 unspecified atom stereocenters. The average molecular weight is 469 g/mol. The van der Waals surface area contributed by atoms with Gasteiger partial charge in [-0.1, -0.05) is 0 Å². The van der Waals surface area contributed by atoms with Gasteiger partial charge in [0.2, 0.25) is 0 Å². The largest absolute Gasteiger partial charge is 0.490 e. The number of imidazole rings is 1. The molecule has 10 nitrogen and oxygen atoms in total. The highest BCUT2D eigenvalue weighted by atomic mass is 19.4. The van der Waals surface area contributed by atoms with Crippen molar-refractivity contribution in [1.82, 2.24) is 24.8 Å². The number of hydrogen-bond donors (Lipinski definition) is 2. The molecule has 4 heterocycles. The van der Waals surface area contributed by atoms with Gasteiger partial charge in [-0.25, -0.2) is 9.78 Å². The number of aromatic nitrogens is 3. The molecule has 2 aromatic heterocycles. The van der Waals surface area contributed by atoms with Gasteiger partial charge < -0.3 is 24.6 Å². The summed E-state index contributed by atoms with van der Waals surface area (Å²) in [5.41, 5.74) is 0.996. The zero-order valence-electron chi connectivity index (χ0n) is 17.5. The number of alkyl halides is 3. The maximum atomic E-state index is 12.6. The molecule has 2 fully saturated rings. The second-order valence-electron chi connectivity index (χ2n) is 7.68. The van der Waals surface area contributed by atoms with Crippen LogP contribution in [0.1, 0.15) is 20.8 Å². The number of amides is 2. The third-order valence-corrected chi connectivity index (χ3v) is 5.34. The topological polar surface area (TPSA) is 127 Å². The monoisotopic (exact) mass is 469 g/mol. The quantitative estimate of drug-likeness (QED) is 0.683. The van der Waals surface area contributed by atoms with Gasteiger partial charge in [0.15, 0.2) is 0 Å². The minimum Gasteiger partial charge on any atom is -0.475 e. The summed E-state index contributed by atoms with van der Waals surface area (Å²) in [7, 11) is 1.84. The number of pyridine rings is 1. The molecular weight excluding hydrogens is 447 g/mol. The summed E-state index contributed by atoms with van der Waals surface area (Å²) in [6, 6.07) is 3.47. The average Bonchev–Trinajstić information content (AvgIpc) is 3.48. The van der Waals surface area contributed by atoms with Crippen molar-refractivity contribution < 1.29 is 37.4 Å². The van der Waals surface area contributed by atoms with Crippen LogP contribution in [0.3, 0.4) is 0 Å². The van der Waals surface area contributed by atoms with Crippen molar-refractivity contribution in [2.75, 3.05) is 26.2 Å². The number of likely N-dealkylation sites (tertiary alicyclic amines) is 1. The Bertz CT molecular complexity index is 997. The van der Waals surface area contributed by atoms with Gasteiger partial charge in [0, 0.05) is 57.1 Å². The molecule has 0 spiro atoms. The number of rotatable bonds is 4. The van der Waals surface area contributed by atoms with E-state index < -0.39 is 12.1 Å². The molecule has 0 aromatic carbocycles. The number of carboxylic acid groups (broad SMARTS) is 1. The minimum absolute atomic E-state index is 0.0305. The Balaban J connectivity index is 0.000000383. The Labute approximate surface area is 186 Å². The van der Waals surface area contributed by atoms with Crippen LogP contribution < -0.4 is 5.32 Å². The van der Waals surface area contributed by atoms with Gasteiger partial charge in [0.25, 0.3) is 11.8 Å². The fourth-order valence-electron chi connectivity index (χ4n) is 3.68. The van der Waals surface area contributed by atoms with Gasteiger partial charge in [0.05, 0.1) is 24.6 Å². The van der Waals surface area contributed by atoms with Crippen LogP contribution in [0, 0.1) is 11.8 Å². The summed E-state index contributed by atoms with van der Waals surface area (Å²) < 4.78 is 39.4. The first-order chi connectivity index (χ1) is 15.6. The van der Waals surface area contributed by atoms with Gasteiger partial charge in [-0.05, 0) is 12.1 Å². The van der Waals surface area contributed by atoms with Gasteiger partial charge in [0.1, 0.15) is 5.69 Å². The molecular formula is C20H22F3N5O5. The molecule has 0 bridgehead atoms. The van der Waals surface area contributed by atoms with Crippen LogP contribution in [-0.2, 0) is 16.6 Å². The van der Waals surface area contributed by atoms with Crippen molar-refractivity contribution in [1.29, 1.82) is 0 Å². The maximum absolute atomic E-state index is 12.6. The number of nitrogens with zero attached hydrogens (tertiary/aromatic N) is 4. The Morgan fingerprint density at radius 2 is 2.03 bits per heavy atom. The zero-order valence-corrected chi connectivity index (χ0v) is 17.5. The number of carboxylic acids is 1. The first-order valence-electron chi connectivity index (χ1n) is 9.93. The Morgan fingerprint density at radius 3 is 2.61 bits per heavy atom. The van der Waals surface area contributed by atoms with Crippen molar-refractivity contribution in [3.05, 3.63) is 48.3 Å². The smallest absolute Gasteiger partial charge is 0.475 e.